The number of benzene rings is 5. The summed E-state index contributed by atoms with van der Waals surface area (Å²) >= 11 is 1.98. The number of methoxy groups -OCH3 is 1. The molecule has 0 spiro atoms. The van der Waals surface area contributed by atoms with Crippen LogP contribution in [-0.4, -0.2) is 69.2 Å². The molecule has 4 aliphatic heterocycles. The number of ether oxygens (including phenoxy) is 3. The lowest BCUT2D eigenvalue weighted by Crippen LogP contribution is -2.47. The van der Waals surface area contributed by atoms with Crippen molar-refractivity contribution in [3.63, 3.8) is 0 Å². The van der Waals surface area contributed by atoms with Crippen LogP contribution in [0.15, 0.2) is 91.0 Å². The van der Waals surface area contributed by atoms with Gasteiger partial charge < -0.3 is 33.8 Å². The highest BCUT2D eigenvalue weighted by Gasteiger charge is 2.43. The van der Waals surface area contributed by atoms with Gasteiger partial charge in [-0.2, -0.15) is 11.8 Å². The molecular formula is C51H56N4O5S. The van der Waals surface area contributed by atoms with Crippen molar-refractivity contribution < 1.29 is 23.8 Å². The first-order valence-electron chi connectivity index (χ1n) is 21.6. The lowest BCUT2D eigenvalue weighted by molar-refractivity contribution is 0.0974. The molecule has 9 nitrogen and oxygen atoms in total. The van der Waals surface area contributed by atoms with E-state index in [1.165, 1.54) is 16.7 Å². The van der Waals surface area contributed by atoms with Crippen LogP contribution in [0.1, 0.15) is 74.9 Å². The van der Waals surface area contributed by atoms with Crippen LogP contribution >= 0.6 is 11.8 Å². The first kappa shape index (κ1) is 40.8. The third-order valence-corrected chi connectivity index (χ3v) is 14.3. The predicted molar refractivity (Wildman–Crippen MR) is 248 cm³/mol. The Morgan fingerprint density at radius 2 is 1.31 bits per heavy atom. The number of aryl methyl sites for hydroxylation is 2. The number of fused-ring (bicyclic) bond motifs is 8. The van der Waals surface area contributed by atoms with Crippen molar-refractivity contribution in [1.29, 1.82) is 0 Å². The quantitative estimate of drug-likeness (QED) is 0.115. The molecule has 9 rings (SSSR count). The van der Waals surface area contributed by atoms with Gasteiger partial charge in [0.1, 0.15) is 19.0 Å². The summed E-state index contributed by atoms with van der Waals surface area (Å²) in [6.07, 6.45) is 2.60. The third-order valence-electron chi connectivity index (χ3n) is 12.9. The van der Waals surface area contributed by atoms with E-state index in [9.17, 15) is 9.59 Å². The van der Waals surface area contributed by atoms with Crippen LogP contribution in [0.4, 0.5) is 22.7 Å². The molecule has 0 bridgehead atoms. The van der Waals surface area contributed by atoms with Gasteiger partial charge in [0.25, 0.3) is 11.8 Å². The highest BCUT2D eigenvalue weighted by Crippen LogP contribution is 2.44. The normalized spacial score (nSPS) is 18.9. The van der Waals surface area contributed by atoms with Crippen molar-refractivity contribution in [2.24, 2.45) is 5.92 Å². The minimum atomic E-state index is -0.0181. The molecule has 0 aliphatic carbocycles. The first-order valence-corrected chi connectivity index (χ1v) is 22.7. The summed E-state index contributed by atoms with van der Waals surface area (Å²) in [5.74, 6) is 4.69. The molecule has 4 heterocycles. The molecular weight excluding hydrogens is 781 g/mol. The second-order valence-corrected chi connectivity index (χ2v) is 18.7. The summed E-state index contributed by atoms with van der Waals surface area (Å²) in [4.78, 5) is 36.8. The Bertz CT molecular complexity index is 2500. The number of carbonyl (C=O) groups is 2. The topological polar surface area (TPSA) is 74.8 Å². The summed E-state index contributed by atoms with van der Waals surface area (Å²) in [7, 11) is 5.76. The summed E-state index contributed by atoms with van der Waals surface area (Å²) < 4.78 is 19.1. The van der Waals surface area contributed by atoms with Crippen molar-refractivity contribution in [2.75, 3.05) is 58.9 Å². The minimum absolute atomic E-state index is 0.0181. The van der Waals surface area contributed by atoms with Crippen LogP contribution in [0.5, 0.6) is 17.2 Å². The highest BCUT2D eigenvalue weighted by atomic mass is 32.2. The van der Waals surface area contributed by atoms with Crippen LogP contribution in [0.25, 0.3) is 0 Å². The molecule has 1 unspecified atom stereocenters. The monoisotopic (exact) mass is 836 g/mol. The van der Waals surface area contributed by atoms with E-state index in [0.717, 1.165) is 76.0 Å². The van der Waals surface area contributed by atoms with Crippen molar-refractivity contribution in [2.45, 2.75) is 78.3 Å². The Kier molecular flexibility index (Phi) is 11.2. The average molecular weight is 837 g/mol. The number of hydrogen-bond acceptors (Lipinski definition) is 8. The highest BCUT2D eigenvalue weighted by molar-refractivity contribution is 7.99. The number of anilines is 4. The van der Waals surface area contributed by atoms with Crippen LogP contribution in [-0.2, 0) is 32.5 Å². The molecule has 0 saturated heterocycles. The lowest BCUT2D eigenvalue weighted by Gasteiger charge is -2.32. The fourth-order valence-corrected chi connectivity index (χ4v) is 10.7. The van der Waals surface area contributed by atoms with Gasteiger partial charge in [-0.05, 0) is 114 Å². The number of likely N-dealkylation sites (N-methyl/N-ethyl adjacent to an activating group) is 2. The smallest absolute Gasteiger partial charge is 0.260 e. The van der Waals surface area contributed by atoms with Crippen molar-refractivity contribution in [3.05, 3.63) is 136 Å². The molecule has 4 aliphatic rings. The van der Waals surface area contributed by atoms with Gasteiger partial charge in [0, 0.05) is 50.2 Å². The molecule has 0 N–H and O–H groups in total. The standard InChI is InChI=1S/C51H56N4O5S/c1-31(2)30-61-17-16-34-19-35(28-59-47-26-46-40(18-32(47)3)51(57)55-43-15-11-9-13-38(43)23-44(55)33(4)53(46)6)21-36(20-34)29-60-49-25-45-41(24-48(49)58-7)50(56)54-39(27-52(45)5)22-37-12-8-10-14-42(37)54/h8-15,18-21,24-26,31,33,39,44H,16-17,22-23,27-30H2,1-7H3/t33?,39-,44-/m0/s1. The zero-order valence-electron chi connectivity index (χ0n) is 36.4. The lowest BCUT2D eigenvalue weighted by atomic mass is 10.0. The second-order valence-electron chi connectivity index (χ2n) is 17.6. The Morgan fingerprint density at radius 3 is 2.02 bits per heavy atom. The summed E-state index contributed by atoms with van der Waals surface area (Å²) in [5, 5.41) is 0. The van der Waals surface area contributed by atoms with Crippen LogP contribution in [0.2, 0.25) is 0 Å². The Hall–Kier alpha value is -5.61. The molecule has 0 aromatic heterocycles. The van der Waals surface area contributed by atoms with E-state index in [-0.39, 0.29) is 29.9 Å². The average Bonchev–Trinajstić information content (AvgIpc) is 3.79. The van der Waals surface area contributed by atoms with Gasteiger partial charge in [-0.15, -0.1) is 0 Å². The van der Waals surface area contributed by atoms with Gasteiger partial charge in [0.15, 0.2) is 11.5 Å². The summed E-state index contributed by atoms with van der Waals surface area (Å²) in [6, 6.07) is 31.2. The van der Waals surface area contributed by atoms with E-state index >= 15 is 0 Å². The van der Waals surface area contributed by atoms with Gasteiger partial charge in [-0.25, -0.2) is 0 Å². The molecule has 0 radical (unpaired) electrons. The number of thioether (sulfide) groups is 1. The minimum Gasteiger partial charge on any atom is -0.493 e. The van der Waals surface area contributed by atoms with Crippen molar-refractivity contribution in [3.8, 4) is 17.2 Å². The summed E-state index contributed by atoms with van der Waals surface area (Å²) in [6.45, 7) is 10.1. The number of carbonyl (C=O) groups excluding carboxylic acids is 2. The molecule has 5 aromatic rings. The van der Waals surface area contributed by atoms with Gasteiger partial charge in [-0.1, -0.05) is 62.4 Å². The van der Waals surface area contributed by atoms with E-state index in [1.807, 2.05) is 78.0 Å². The fourth-order valence-electron chi connectivity index (χ4n) is 9.68. The maximum atomic E-state index is 14.3. The number of rotatable bonds is 12. The van der Waals surface area contributed by atoms with E-state index < -0.39 is 0 Å². The van der Waals surface area contributed by atoms with Crippen LogP contribution in [0, 0.1) is 12.8 Å². The maximum absolute atomic E-state index is 14.3. The molecule has 5 aromatic carbocycles. The summed E-state index contributed by atoms with van der Waals surface area (Å²) in [5.41, 5.74) is 11.7. The van der Waals surface area contributed by atoms with Gasteiger partial charge in [0.2, 0.25) is 0 Å². The molecule has 10 heteroatoms. The molecule has 316 valence electrons. The molecule has 61 heavy (non-hydrogen) atoms. The molecule has 0 fully saturated rings. The van der Waals surface area contributed by atoms with E-state index in [0.29, 0.717) is 48.3 Å². The van der Waals surface area contributed by atoms with Gasteiger partial charge >= 0.3 is 0 Å². The van der Waals surface area contributed by atoms with Crippen molar-refractivity contribution in [1.82, 2.24) is 0 Å². The zero-order valence-corrected chi connectivity index (χ0v) is 37.2. The Morgan fingerprint density at radius 1 is 0.705 bits per heavy atom. The van der Waals surface area contributed by atoms with Gasteiger partial charge in [-0.3, -0.25) is 9.59 Å². The molecule has 2 amide bonds. The SMILES string of the molecule is COc1cc2c(cc1OCc1cc(CCSCC(C)C)cc(COc3cc4c(cc3C)C(=O)N3c5ccccc5C[C@H]3C(C)N4C)c1)N(C)C[C@@H]1Cc3ccccc3N1C2=O. The second kappa shape index (κ2) is 16.7. The third kappa shape index (κ3) is 7.68. The number of para-hydroxylation sites is 2. The predicted octanol–water partition coefficient (Wildman–Crippen LogP) is 9.52. The zero-order chi connectivity index (χ0) is 42.5. The van der Waals surface area contributed by atoms with Crippen molar-refractivity contribution >= 4 is 46.3 Å². The van der Waals surface area contributed by atoms with E-state index in [4.69, 9.17) is 14.2 Å². The fraction of sp³-hybridized carbons (Fsp3) is 0.373. The molecule has 0 saturated carbocycles. The van der Waals surface area contributed by atoms with Gasteiger partial charge in [0.05, 0.1) is 41.7 Å². The molecule has 3 atom stereocenters. The first-order chi connectivity index (χ1) is 29.5. The van der Waals surface area contributed by atoms with E-state index in [2.05, 4.69) is 86.1 Å². The Balaban J connectivity index is 0.966. The largest absolute Gasteiger partial charge is 0.493 e. The van der Waals surface area contributed by atoms with Crippen LogP contribution < -0.4 is 33.8 Å². The number of nitrogens with zero attached hydrogens (tertiary/aromatic N) is 4. The maximum Gasteiger partial charge on any atom is 0.260 e. The number of amides is 2. The Labute approximate surface area is 364 Å². The van der Waals surface area contributed by atoms with Crippen LogP contribution in [0.3, 0.4) is 0 Å². The number of hydrogen-bond donors (Lipinski definition) is 0. The van der Waals surface area contributed by atoms with E-state index in [1.54, 1.807) is 7.11 Å².